The van der Waals surface area contributed by atoms with Crippen LogP contribution in [0.2, 0.25) is 0 Å². The van der Waals surface area contributed by atoms with Gasteiger partial charge >= 0.3 is 0 Å². The molecule has 1 unspecified atom stereocenters. The summed E-state index contributed by atoms with van der Waals surface area (Å²) in [4.78, 5) is 2.87. The van der Waals surface area contributed by atoms with Gasteiger partial charge in [0.1, 0.15) is 0 Å². The lowest BCUT2D eigenvalue weighted by atomic mass is 10.0. The monoisotopic (exact) mass is 300 g/mol. The highest BCUT2D eigenvalue weighted by atomic mass is 32.2. The summed E-state index contributed by atoms with van der Waals surface area (Å²) in [6.45, 7) is 4.49. The van der Waals surface area contributed by atoms with E-state index in [1.165, 1.54) is 26.9 Å². The average Bonchev–Trinajstić information content (AvgIpc) is 2.89. The van der Waals surface area contributed by atoms with Crippen molar-refractivity contribution in [2.75, 3.05) is 11.5 Å². The van der Waals surface area contributed by atoms with Crippen molar-refractivity contribution in [3.05, 3.63) is 59.7 Å². The van der Waals surface area contributed by atoms with Crippen LogP contribution in [-0.2, 0) is 0 Å². The van der Waals surface area contributed by atoms with Crippen LogP contribution < -0.4 is 0 Å². The van der Waals surface area contributed by atoms with E-state index in [4.69, 9.17) is 0 Å². The second kappa shape index (κ2) is 6.28. The number of hydrogen-bond acceptors (Lipinski definition) is 2. The summed E-state index contributed by atoms with van der Waals surface area (Å²) >= 11 is 3.99. The summed E-state index contributed by atoms with van der Waals surface area (Å²) < 4.78 is 0. The molecule has 0 saturated heterocycles. The van der Waals surface area contributed by atoms with Gasteiger partial charge in [-0.25, -0.2) is 0 Å². The molecule has 0 aromatic heterocycles. The molecular formula is C18H20S2. The van der Waals surface area contributed by atoms with Gasteiger partial charge in [0.2, 0.25) is 0 Å². The summed E-state index contributed by atoms with van der Waals surface area (Å²) in [5.74, 6) is 3.74. The van der Waals surface area contributed by atoms with Crippen LogP contribution in [0.25, 0.3) is 0 Å². The molecule has 1 atom stereocenters. The van der Waals surface area contributed by atoms with Gasteiger partial charge in [-0.1, -0.05) is 44.2 Å². The van der Waals surface area contributed by atoms with Crippen molar-refractivity contribution in [2.24, 2.45) is 0 Å². The Kier molecular flexibility index (Phi) is 4.42. The van der Waals surface area contributed by atoms with E-state index in [1.807, 2.05) is 23.5 Å². The molecular weight excluding hydrogens is 280 g/mol. The first-order valence-corrected chi connectivity index (χ1v) is 9.15. The maximum Gasteiger partial charge on any atom is 0.0108 e. The van der Waals surface area contributed by atoms with Crippen LogP contribution in [0, 0.1) is 0 Å². The van der Waals surface area contributed by atoms with Gasteiger partial charge in [-0.3, -0.25) is 0 Å². The number of hydrogen-bond donors (Lipinski definition) is 0. The van der Waals surface area contributed by atoms with E-state index >= 15 is 0 Å². The van der Waals surface area contributed by atoms with Crippen molar-refractivity contribution in [1.29, 1.82) is 0 Å². The topological polar surface area (TPSA) is 0 Å². The van der Waals surface area contributed by atoms with Crippen LogP contribution >= 0.6 is 23.5 Å². The molecule has 2 aromatic carbocycles. The number of rotatable bonds is 4. The molecule has 3 rings (SSSR count). The first-order valence-electron chi connectivity index (χ1n) is 7.18. The van der Waals surface area contributed by atoms with Crippen LogP contribution in [0.3, 0.4) is 0 Å². The lowest BCUT2D eigenvalue weighted by Gasteiger charge is -2.11. The molecule has 104 valence electrons. The molecule has 0 bridgehead atoms. The Bertz CT molecular complexity index is 572. The quantitative estimate of drug-likeness (QED) is 0.655. The normalized spacial score (nSPS) is 17.4. The highest BCUT2D eigenvalue weighted by Crippen LogP contribution is 2.41. The zero-order valence-corrected chi connectivity index (χ0v) is 13.6. The Balaban J connectivity index is 1.63. The predicted molar refractivity (Wildman–Crippen MR) is 91.2 cm³/mol. The second-order valence-corrected chi connectivity index (χ2v) is 7.74. The molecule has 2 aromatic rings. The third kappa shape index (κ3) is 3.07. The summed E-state index contributed by atoms with van der Waals surface area (Å²) in [6, 6.07) is 17.9. The van der Waals surface area contributed by atoms with Gasteiger partial charge < -0.3 is 0 Å². The molecule has 0 spiro atoms. The molecule has 0 amide bonds. The molecule has 0 fully saturated rings. The zero-order chi connectivity index (χ0) is 13.9. The number of thioether (sulfide) groups is 2. The van der Waals surface area contributed by atoms with Crippen LogP contribution in [-0.4, -0.2) is 11.5 Å². The van der Waals surface area contributed by atoms with Crippen molar-refractivity contribution < 1.29 is 0 Å². The van der Waals surface area contributed by atoms with Crippen molar-refractivity contribution in [1.82, 2.24) is 0 Å². The predicted octanol–water partition coefficient (Wildman–Crippen LogP) is 5.79. The molecule has 20 heavy (non-hydrogen) atoms. The molecule has 1 aliphatic heterocycles. The lowest BCUT2D eigenvalue weighted by Crippen LogP contribution is -2.00. The smallest absolute Gasteiger partial charge is 0.0108 e. The van der Waals surface area contributed by atoms with E-state index in [2.05, 4.69) is 62.4 Å². The van der Waals surface area contributed by atoms with Crippen LogP contribution in [0.1, 0.15) is 36.8 Å². The van der Waals surface area contributed by atoms with Crippen molar-refractivity contribution >= 4 is 23.5 Å². The van der Waals surface area contributed by atoms with Gasteiger partial charge in [-0.15, -0.1) is 23.5 Å². The van der Waals surface area contributed by atoms with E-state index in [1.54, 1.807) is 5.56 Å². The van der Waals surface area contributed by atoms with Gasteiger partial charge in [0.25, 0.3) is 0 Å². The third-order valence-corrected chi connectivity index (χ3v) is 6.22. The summed E-state index contributed by atoms with van der Waals surface area (Å²) in [5, 5.41) is 0. The molecule has 0 nitrogen and oxygen atoms in total. The van der Waals surface area contributed by atoms with E-state index < -0.39 is 0 Å². The van der Waals surface area contributed by atoms with Gasteiger partial charge in [0, 0.05) is 27.2 Å². The lowest BCUT2D eigenvalue weighted by molar-refractivity contribution is 0.864. The fraction of sp³-hybridized carbons (Fsp3) is 0.333. The SMILES string of the molecule is CC(C)c1ccc(SCC2CSc3ccccc32)cc1. The minimum atomic E-state index is 0.618. The average molecular weight is 300 g/mol. The first kappa shape index (κ1) is 14.1. The third-order valence-electron chi connectivity index (χ3n) is 3.80. The first-order chi connectivity index (χ1) is 9.74. The molecule has 2 heteroatoms. The Morgan fingerprint density at radius 2 is 1.85 bits per heavy atom. The number of benzene rings is 2. The minimum absolute atomic E-state index is 0.618. The summed E-state index contributed by atoms with van der Waals surface area (Å²) in [6.07, 6.45) is 0. The zero-order valence-electron chi connectivity index (χ0n) is 12.0. The van der Waals surface area contributed by atoms with Gasteiger partial charge in [-0.2, -0.15) is 0 Å². The molecule has 0 radical (unpaired) electrons. The Labute approximate surface area is 130 Å². The van der Waals surface area contributed by atoms with Crippen LogP contribution in [0.4, 0.5) is 0 Å². The fourth-order valence-electron chi connectivity index (χ4n) is 2.51. The van der Waals surface area contributed by atoms with Crippen LogP contribution in [0.15, 0.2) is 58.3 Å². The van der Waals surface area contributed by atoms with Gasteiger partial charge in [0.15, 0.2) is 0 Å². The highest BCUT2D eigenvalue weighted by Gasteiger charge is 2.22. The Morgan fingerprint density at radius 1 is 1.10 bits per heavy atom. The summed E-state index contributed by atoms with van der Waals surface area (Å²) in [5.41, 5.74) is 2.97. The molecule has 0 aliphatic carbocycles. The Hall–Kier alpha value is -0.860. The second-order valence-electron chi connectivity index (χ2n) is 5.58. The largest absolute Gasteiger partial charge is 0.126 e. The summed E-state index contributed by atoms with van der Waals surface area (Å²) in [7, 11) is 0. The minimum Gasteiger partial charge on any atom is -0.126 e. The molecule has 0 N–H and O–H groups in total. The highest BCUT2D eigenvalue weighted by molar-refractivity contribution is 8.00. The Morgan fingerprint density at radius 3 is 2.60 bits per heavy atom. The number of fused-ring (bicyclic) bond motifs is 1. The fourth-order valence-corrected chi connectivity index (χ4v) is 4.94. The van der Waals surface area contributed by atoms with E-state index in [-0.39, 0.29) is 0 Å². The van der Waals surface area contributed by atoms with Crippen molar-refractivity contribution in [2.45, 2.75) is 35.5 Å². The standard InChI is InChI=1S/C18H20S2/c1-13(2)14-7-9-16(10-8-14)19-11-15-12-20-18-6-4-3-5-17(15)18/h3-10,13,15H,11-12H2,1-2H3. The molecule has 0 saturated carbocycles. The van der Waals surface area contributed by atoms with Crippen molar-refractivity contribution in [3.63, 3.8) is 0 Å². The van der Waals surface area contributed by atoms with Crippen molar-refractivity contribution in [3.8, 4) is 0 Å². The maximum absolute atomic E-state index is 2.29. The van der Waals surface area contributed by atoms with E-state index in [0.29, 0.717) is 11.8 Å². The molecule has 1 heterocycles. The van der Waals surface area contributed by atoms with E-state index in [9.17, 15) is 0 Å². The van der Waals surface area contributed by atoms with E-state index in [0.717, 1.165) is 0 Å². The van der Waals surface area contributed by atoms with Gasteiger partial charge in [-0.05, 0) is 35.2 Å². The molecule has 1 aliphatic rings. The van der Waals surface area contributed by atoms with Crippen LogP contribution in [0.5, 0.6) is 0 Å². The van der Waals surface area contributed by atoms with Gasteiger partial charge in [0.05, 0.1) is 0 Å². The maximum atomic E-state index is 2.29.